The third-order valence-corrected chi connectivity index (χ3v) is 3.65. The third kappa shape index (κ3) is 2.25. The molecule has 2 N–H and O–H groups in total. The Hall–Kier alpha value is -1.78. The maximum atomic E-state index is 6.33. The van der Waals surface area contributed by atoms with Crippen molar-refractivity contribution in [1.82, 2.24) is 14.6 Å². The van der Waals surface area contributed by atoms with Crippen molar-refractivity contribution in [3.05, 3.63) is 59.3 Å². The fourth-order valence-electron chi connectivity index (χ4n) is 2.44. The Morgan fingerprint density at radius 1 is 1.32 bits per heavy atom. The highest BCUT2D eigenvalue weighted by Crippen LogP contribution is 2.32. The van der Waals surface area contributed by atoms with Gasteiger partial charge >= 0.3 is 0 Å². The largest absolute Gasteiger partial charge is 0.313 e. The molecule has 1 aliphatic rings. The zero-order valence-corrected chi connectivity index (χ0v) is 11.2. The van der Waals surface area contributed by atoms with E-state index in [2.05, 4.69) is 4.98 Å². The summed E-state index contributed by atoms with van der Waals surface area (Å²) in [4.78, 5) is 4.12. The van der Waals surface area contributed by atoms with Gasteiger partial charge in [0.25, 0.3) is 0 Å². The number of hydrazine groups is 1. The first-order valence-corrected chi connectivity index (χ1v) is 6.64. The first kappa shape index (κ1) is 12.3. The van der Waals surface area contributed by atoms with Gasteiger partial charge in [-0.3, -0.25) is 0 Å². The summed E-state index contributed by atoms with van der Waals surface area (Å²) < 4.78 is 1.97. The maximum absolute atomic E-state index is 6.33. The van der Waals surface area contributed by atoms with Crippen molar-refractivity contribution in [2.24, 2.45) is 5.84 Å². The molecule has 5 heteroatoms. The second kappa shape index (κ2) is 5.07. The molecule has 0 bridgehead atoms. The Kier molecular flexibility index (Phi) is 3.27. The zero-order valence-electron chi connectivity index (χ0n) is 10.5. The van der Waals surface area contributed by atoms with Crippen LogP contribution in [0.25, 0.3) is 5.70 Å². The molecule has 1 saturated heterocycles. The highest BCUT2D eigenvalue weighted by atomic mass is 35.5. The molecule has 0 saturated carbocycles. The molecule has 1 aromatic heterocycles. The minimum absolute atomic E-state index is 0.721. The predicted octanol–water partition coefficient (Wildman–Crippen LogP) is 2.72. The third-order valence-electron chi connectivity index (χ3n) is 3.32. The average Bonchev–Trinajstić information content (AvgIpc) is 3.05. The molecular formula is C14H15ClN4. The fraction of sp³-hybridized carbons (Fsp3) is 0.214. The van der Waals surface area contributed by atoms with Gasteiger partial charge in [-0.2, -0.15) is 0 Å². The van der Waals surface area contributed by atoms with Crippen LogP contribution in [0.15, 0.2) is 48.7 Å². The van der Waals surface area contributed by atoms with E-state index in [0.717, 1.165) is 41.4 Å². The molecule has 0 atom stereocenters. The standard InChI is InChI=1S/C14H15ClN4/c15-12-5-2-1-4-11(12)14(18-9-7-17-10-18)13-6-3-8-19(13)16/h1-2,4-5,7,9-10H,3,6,8,16H2. The normalized spacial score (nSPS) is 17.9. The molecule has 0 unspecified atom stereocenters. The molecule has 0 spiro atoms. The van der Waals surface area contributed by atoms with Crippen LogP contribution in [0.3, 0.4) is 0 Å². The minimum atomic E-state index is 0.721. The number of hydrogen-bond acceptors (Lipinski definition) is 3. The lowest BCUT2D eigenvalue weighted by Gasteiger charge is -2.19. The van der Waals surface area contributed by atoms with Crippen molar-refractivity contribution in [2.75, 3.05) is 6.54 Å². The van der Waals surface area contributed by atoms with E-state index in [0.29, 0.717) is 0 Å². The number of nitrogens with zero attached hydrogens (tertiary/aromatic N) is 3. The number of benzene rings is 1. The smallest absolute Gasteiger partial charge is 0.0992 e. The molecule has 0 aliphatic carbocycles. The molecular weight excluding hydrogens is 260 g/mol. The number of imidazole rings is 1. The molecule has 0 amide bonds. The molecule has 19 heavy (non-hydrogen) atoms. The molecule has 3 rings (SSSR count). The summed E-state index contributed by atoms with van der Waals surface area (Å²) in [6.07, 6.45) is 7.46. The second-order valence-corrected chi connectivity index (χ2v) is 4.95. The summed E-state index contributed by atoms with van der Waals surface area (Å²) in [6.45, 7) is 0.873. The van der Waals surface area contributed by atoms with Crippen LogP contribution in [0, 0.1) is 0 Å². The summed E-state index contributed by atoms with van der Waals surface area (Å²) in [5, 5.41) is 2.53. The van der Waals surface area contributed by atoms with Gasteiger partial charge in [0.15, 0.2) is 0 Å². The van der Waals surface area contributed by atoms with Gasteiger partial charge in [-0.1, -0.05) is 29.8 Å². The summed E-state index contributed by atoms with van der Waals surface area (Å²) >= 11 is 6.33. The van der Waals surface area contributed by atoms with Gasteiger partial charge in [-0.25, -0.2) is 10.8 Å². The summed E-state index contributed by atoms with van der Waals surface area (Å²) in [5.41, 5.74) is 3.10. The van der Waals surface area contributed by atoms with Crippen LogP contribution >= 0.6 is 11.6 Å². The lowest BCUT2D eigenvalue weighted by Crippen LogP contribution is -2.27. The fourth-order valence-corrected chi connectivity index (χ4v) is 2.66. The van der Waals surface area contributed by atoms with E-state index in [9.17, 15) is 0 Å². The van der Waals surface area contributed by atoms with E-state index in [4.69, 9.17) is 17.4 Å². The maximum Gasteiger partial charge on any atom is 0.0992 e. The molecule has 2 heterocycles. The topological polar surface area (TPSA) is 47.1 Å². The van der Waals surface area contributed by atoms with Crippen LogP contribution in [0.2, 0.25) is 5.02 Å². The molecule has 2 aromatic rings. The Morgan fingerprint density at radius 3 is 2.79 bits per heavy atom. The Balaban J connectivity index is 2.21. The van der Waals surface area contributed by atoms with Crippen LogP contribution in [0.4, 0.5) is 0 Å². The van der Waals surface area contributed by atoms with Crippen molar-refractivity contribution in [3.8, 4) is 0 Å². The lowest BCUT2D eigenvalue weighted by molar-refractivity contribution is 0.413. The first-order valence-electron chi connectivity index (χ1n) is 6.26. The van der Waals surface area contributed by atoms with Gasteiger partial charge in [0.05, 0.1) is 17.7 Å². The van der Waals surface area contributed by atoms with Crippen molar-refractivity contribution in [3.63, 3.8) is 0 Å². The zero-order chi connectivity index (χ0) is 13.2. The van der Waals surface area contributed by atoms with E-state index in [-0.39, 0.29) is 0 Å². The minimum Gasteiger partial charge on any atom is -0.313 e. The summed E-state index contributed by atoms with van der Waals surface area (Å²) in [7, 11) is 0. The molecule has 98 valence electrons. The highest BCUT2D eigenvalue weighted by molar-refractivity contribution is 6.32. The van der Waals surface area contributed by atoms with Crippen molar-refractivity contribution in [1.29, 1.82) is 0 Å². The van der Waals surface area contributed by atoms with E-state index in [1.807, 2.05) is 35.0 Å². The van der Waals surface area contributed by atoms with Gasteiger partial charge < -0.3 is 9.58 Å². The first-order chi connectivity index (χ1) is 9.27. The summed E-state index contributed by atoms with van der Waals surface area (Å²) in [6, 6.07) is 7.81. The number of aromatic nitrogens is 2. The van der Waals surface area contributed by atoms with Crippen molar-refractivity contribution in [2.45, 2.75) is 12.8 Å². The van der Waals surface area contributed by atoms with E-state index in [1.54, 1.807) is 17.5 Å². The van der Waals surface area contributed by atoms with Crippen LogP contribution in [0.5, 0.6) is 0 Å². The number of rotatable bonds is 2. The van der Waals surface area contributed by atoms with Gasteiger partial charge in [0.1, 0.15) is 0 Å². The molecule has 1 aromatic carbocycles. The second-order valence-electron chi connectivity index (χ2n) is 4.54. The molecule has 0 radical (unpaired) electrons. The Labute approximate surface area is 117 Å². The predicted molar refractivity (Wildman–Crippen MR) is 76.1 cm³/mol. The van der Waals surface area contributed by atoms with Gasteiger partial charge in [0.2, 0.25) is 0 Å². The van der Waals surface area contributed by atoms with Crippen molar-refractivity contribution >= 4 is 17.3 Å². The monoisotopic (exact) mass is 274 g/mol. The van der Waals surface area contributed by atoms with Gasteiger partial charge in [-0.15, -0.1) is 0 Å². The van der Waals surface area contributed by atoms with Gasteiger partial charge in [-0.05, 0) is 18.9 Å². The SMILES string of the molecule is NN1CCCC1=C(c1ccccc1Cl)n1ccnc1. The van der Waals surface area contributed by atoms with E-state index >= 15 is 0 Å². The summed E-state index contributed by atoms with van der Waals surface area (Å²) in [5.74, 6) is 6.07. The van der Waals surface area contributed by atoms with E-state index < -0.39 is 0 Å². The van der Waals surface area contributed by atoms with Crippen LogP contribution in [0.1, 0.15) is 18.4 Å². The quantitative estimate of drug-likeness (QED) is 0.857. The Morgan fingerprint density at radius 2 is 2.16 bits per heavy atom. The van der Waals surface area contributed by atoms with E-state index in [1.165, 1.54) is 0 Å². The molecule has 4 nitrogen and oxygen atoms in total. The van der Waals surface area contributed by atoms with Crippen LogP contribution in [-0.2, 0) is 0 Å². The number of halogens is 1. The van der Waals surface area contributed by atoms with Crippen LogP contribution < -0.4 is 5.84 Å². The Bertz CT molecular complexity index is 604. The number of nitrogens with two attached hydrogens (primary N) is 1. The van der Waals surface area contributed by atoms with Gasteiger partial charge in [0, 0.05) is 29.5 Å². The lowest BCUT2D eigenvalue weighted by atomic mass is 10.1. The number of allylic oxidation sites excluding steroid dienone is 1. The van der Waals surface area contributed by atoms with Crippen molar-refractivity contribution < 1.29 is 0 Å². The average molecular weight is 275 g/mol. The highest BCUT2D eigenvalue weighted by Gasteiger charge is 2.21. The molecule has 1 aliphatic heterocycles. The molecule has 1 fully saturated rings. The van der Waals surface area contributed by atoms with Crippen LogP contribution in [-0.4, -0.2) is 21.1 Å². The number of hydrogen-bond donors (Lipinski definition) is 1.